The van der Waals surface area contributed by atoms with Gasteiger partial charge in [-0.15, -0.1) is 0 Å². The van der Waals surface area contributed by atoms with E-state index < -0.39 is 4.92 Å². The van der Waals surface area contributed by atoms with Gasteiger partial charge in [-0.3, -0.25) is 24.3 Å². The minimum Gasteiger partial charge on any atom is -0.368 e. The Morgan fingerprint density at radius 1 is 1.23 bits per heavy atom. The summed E-state index contributed by atoms with van der Waals surface area (Å²) in [4.78, 5) is 44.2. The van der Waals surface area contributed by atoms with Crippen LogP contribution in [0.25, 0.3) is 0 Å². The molecule has 1 atom stereocenters. The van der Waals surface area contributed by atoms with E-state index >= 15 is 0 Å². The number of hydrogen-bond acceptors (Lipinski definition) is 7. The predicted molar refractivity (Wildman–Crippen MR) is 121 cm³/mol. The van der Waals surface area contributed by atoms with Gasteiger partial charge in [-0.1, -0.05) is 25.1 Å². The summed E-state index contributed by atoms with van der Waals surface area (Å²) in [7, 11) is 1.67. The molecule has 0 radical (unpaired) electrons. The molecule has 1 aliphatic heterocycles. The Labute approximate surface area is 185 Å². The highest BCUT2D eigenvalue weighted by Crippen LogP contribution is 2.27. The summed E-state index contributed by atoms with van der Waals surface area (Å²) >= 11 is 1.35. The third-order valence-electron chi connectivity index (χ3n) is 5.31. The van der Waals surface area contributed by atoms with Crippen molar-refractivity contribution in [2.75, 3.05) is 31.1 Å². The summed E-state index contributed by atoms with van der Waals surface area (Å²) in [5.41, 5.74) is 1.49. The summed E-state index contributed by atoms with van der Waals surface area (Å²) in [5, 5.41) is 11.1. The normalized spacial score (nSPS) is 15.1. The molecule has 0 spiro atoms. The molecule has 1 aromatic heterocycles. The highest BCUT2D eigenvalue weighted by Gasteiger charge is 2.29. The van der Waals surface area contributed by atoms with Crippen LogP contribution in [0.5, 0.6) is 0 Å². The molecule has 1 amide bonds. The highest BCUT2D eigenvalue weighted by molar-refractivity contribution is 8.00. The van der Waals surface area contributed by atoms with Crippen molar-refractivity contribution in [2.24, 2.45) is 7.05 Å². The lowest BCUT2D eigenvalue weighted by Gasteiger charge is -2.37. The van der Waals surface area contributed by atoms with Crippen LogP contribution in [0.4, 0.5) is 11.4 Å². The van der Waals surface area contributed by atoms with Gasteiger partial charge in [0.05, 0.1) is 10.2 Å². The maximum Gasteiger partial charge on any atom is 0.269 e. The molecule has 1 aliphatic rings. The van der Waals surface area contributed by atoms with Gasteiger partial charge in [0.1, 0.15) is 0 Å². The number of nitrogens with zero attached hydrogens (tertiary/aromatic N) is 5. The van der Waals surface area contributed by atoms with E-state index in [2.05, 4.69) is 9.88 Å². The largest absolute Gasteiger partial charge is 0.368 e. The number of nitro groups is 1. The zero-order valence-corrected chi connectivity index (χ0v) is 18.8. The van der Waals surface area contributed by atoms with Crippen LogP contribution in [-0.4, -0.2) is 56.7 Å². The Balaban J connectivity index is 1.66. The zero-order chi connectivity index (χ0) is 22.5. The zero-order valence-electron chi connectivity index (χ0n) is 18.0. The quantitative estimate of drug-likeness (QED) is 0.279. The van der Waals surface area contributed by atoms with Crippen molar-refractivity contribution in [2.45, 2.75) is 37.1 Å². The van der Waals surface area contributed by atoms with Crippen LogP contribution in [0, 0.1) is 17.0 Å². The number of carbonyl (C=O) groups excluding carboxylic acids is 1. The Bertz CT molecular complexity index is 1000. The van der Waals surface area contributed by atoms with Gasteiger partial charge in [0.25, 0.3) is 11.2 Å². The lowest BCUT2D eigenvalue weighted by Crippen LogP contribution is -2.51. The second kappa shape index (κ2) is 9.95. The average Bonchev–Trinajstić information content (AvgIpc) is 2.76. The molecule has 2 heterocycles. The standard InChI is InChI=1S/C21H27N5O4S/c1-4-5-18(31-21-22-15(2)14-19(27)23(21)3)20(28)25-12-10-24(11-13-25)16-6-8-17(9-7-16)26(29)30/h6-9,14,18H,4-5,10-13H2,1-3H3. The number of hydrogen-bond donors (Lipinski definition) is 0. The molecule has 0 N–H and O–H groups in total. The van der Waals surface area contributed by atoms with Crippen LogP contribution in [0.3, 0.4) is 0 Å². The summed E-state index contributed by atoms with van der Waals surface area (Å²) in [6, 6.07) is 7.97. The van der Waals surface area contributed by atoms with Crippen molar-refractivity contribution in [3.63, 3.8) is 0 Å². The third kappa shape index (κ3) is 5.43. The molecule has 1 saturated heterocycles. The predicted octanol–water partition coefficient (Wildman–Crippen LogP) is 2.61. The van der Waals surface area contributed by atoms with Gasteiger partial charge in [0.15, 0.2) is 5.16 Å². The van der Waals surface area contributed by atoms with Gasteiger partial charge in [-0.05, 0) is 25.5 Å². The number of thioether (sulfide) groups is 1. The number of rotatable bonds is 7. The van der Waals surface area contributed by atoms with E-state index in [9.17, 15) is 19.7 Å². The van der Waals surface area contributed by atoms with E-state index in [1.165, 1.54) is 34.5 Å². The maximum absolute atomic E-state index is 13.2. The summed E-state index contributed by atoms with van der Waals surface area (Å²) in [6.07, 6.45) is 1.56. The van der Waals surface area contributed by atoms with E-state index in [1.54, 1.807) is 26.1 Å². The lowest BCUT2D eigenvalue weighted by molar-refractivity contribution is -0.384. The molecule has 1 fully saturated rings. The van der Waals surface area contributed by atoms with Crippen molar-refractivity contribution in [3.8, 4) is 0 Å². The molecule has 10 heteroatoms. The minimum absolute atomic E-state index is 0.0611. The Hall–Kier alpha value is -2.88. The lowest BCUT2D eigenvalue weighted by atomic mass is 10.2. The van der Waals surface area contributed by atoms with Gasteiger partial charge in [-0.25, -0.2) is 4.98 Å². The third-order valence-corrected chi connectivity index (χ3v) is 6.61. The number of aryl methyl sites for hydroxylation is 1. The van der Waals surface area contributed by atoms with Crippen LogP contribution in [0.15, 0.2) is 40.3 Å². The Morgan fingerprint density at radius 3 is 2.45 bits per heavy atom. The molecular formula is C21H27N5O4S. The van der Waals surface area contributed by atoms with Crippen LogP contribution in [-0.2, 0) is 11.8 Å². The number of amides is 1. The van der Waals surface area contributed by atoms with E-state index in [1.807, 2.05) is 11.8 Å². The van der Waals surface area contributed by atoms with Gasteiger partial charge < -0.3 is 9.80 Å². The molecule has 0 saturated carbocycles. The number of anilines is 1. The maximum atomic E-state index is 13.2. The summed E-state index contributed by atoms with van der Waals surface area (Å²) in [5.74, 6) is 0.0611. The molecule has 0 aliphatic carbocycles. The average molecular weight is 446 g/mol. The van der Waals surface area contributed by atoms with E-state index in [-0.39, 0.29) is 22.4 Å². The monoisotopic (exact) mass is 445 g/mol. The number of benzene rings is 1. The molecule has 0 bridgehead atoms. The number of non-ortho nitro benzene ring substituents is 1. The summed E-state index contributed by atoms with van der Waals surface area (Å²) < 4.78 is 1.49. The van der Waals surface area contributed by atoms with E-state index in [0.29, 0.717) is 43.5 Å². The number of piperazine rings is 1. The minimum atomic E-state index is -0.412. The number of nitro benzene ring substituents is 1. The van der Waals surface area contributed by atoms with Crippen molar-refractivity contribution < 1.29 is 9.72 Å². The first-order valence-corrected chi connectivity index (χ1v) is 11.2. The van der Waals surface area contributed by atoms with E-state index in [4.69, 9.17) is 0 Å². The second-order valence-corrected chi connectivity index (χ2v) is 8.73. The van der Waals surface area contributed by atoms with Crippen LogP contribution in [0.2, 0.25) is 0 Å². The number of aromatic nitrogens is 2. The molecule has 9 nitrogen and oxygen atoms in total. The molecule has 1 unspecified atom stereocenters. The summed E-state index contributed by atoms with van der Waals surface area (Å²) in [6.45, 7) is 6.30. The van der Waals surface area contributed by atoms with Crippen LogP contribution in [0.1, 0.15) is 25.5 Å². The second-order valence-electron chi connectivity index (χ2n) is 7.56. The fourth-order valence-electron chi connectivity index (χ4n) is 3.53. The van der Waals surface area contributed by atoms with Crippen molar-refractivity contribution in [1.29, 1.82) is 0 Å². The van der Waals surface area contributed by atoms with Crippen molar-refractivity contribution >= 4 is 29.0 Å². The van der Waals surface area contributed by atoms with Gasteiger partial charge in [0.2, 0.25) is 5.91 Å². The van der Waals surface area contributed by atoms with Crippen LogP contribution < -0.4 is 10.5 Å². The highest BCUT2D eigenvalue weighted by atomic mass is 32.2. The molecule has 2 aromatic rings. The van der Waals surface area contributed by atoms with E-state index in [0.717, 1.165) is 12.1 Å². The number of carbonyl (C=O) groups is 1. The molecular weight excluding hydrogens is 418 g/mol. The molecule has 166 valence electrons. The van der Waals surface area contributed by atoms with Crippen molar-refractivity contribution in [3.05, 3.63) is 56.5 Å². The van der Waals surface area contributed by atoms with Gasteiger partial charge in [0, 0.05) is 62.8 Å². The molecule has 31 heavy (non-hydrogen) atoms. The Morgan fingerprint density at radius 2 is 1.87 bits per heavy atom. The first-order valence-electron chi connectivity index (χ1n) is 10.3. The smallest absolute Gasteiger partial charge is 0.269 e. The first-order chi connectivity index (χ1) is 14.8. The topological polar surface area (TPSA) is 102 Å². The molecule has 1 aromatic carbocycles. The first kappa shape index (κ1) is 22.8. The van der Waals surface area contributed by atoms with Crippen LogP contribution >= 0.6 is 11.8 Å². The van der Waals surface area contributed by atoms with Gasteiger partial charge >= 0.3 is 0 Å². The molecule has 3 rings (SSSR count). The SMILES string of the molecule is CCCC(Sc1nc(C)cc(=O)n1C)C(=O)N1CCN(c2ccc([N+](=O)[O-])cc2)CC1. The fraction of sp³-hybridized carbons (Fsp3) is 0.476. The Kier molecular flexibility index (Phi) is 7.32. The fourth-order valence-corrected chi connectivity index (χ4v) is 4.83. The van der Waals surface area contributed by atoms with Gasteiger partial charge in [-0.2, -0.15) is 0 Å². The van der Waals surface area contributed by atoms with Crippen molar-refractivity contribution in [1.82, 2.24) is 14.5 Å².